The zero-order valence-electron chi connectivity index (χ0n) is 13.8. The minimum absolute atomic E-state index is 0.236. The maximum atomic E-state index is 12.3. The molecule has 0 atom stereocenters. The van der Waals surface area contributed by atoms with Crippen LogP contribution in [-0.4, -0.2) is 39.7 Å². The van der Waals surface area contributed by atoms with Gasteiger partial charge < -0.3 is 19.7 Å². The summed E-state index contributed by atoms with van der Waals surface area (Å²) in [5.41, 5.74) is 1.25. The van der Waals surface area contributed by atoms with E-state index in [1.54, 1.807) is 24.8 Å². The van der Waals surface area contributed by atoms with E-state index >= 15 is 0 Å². The van der Waals surface area contributed by atoms with Crippen LogP contribution in [0.5, 0.6) is 0 Å². The zero-order chi connectivity index (χ0) is 16.6. The number of hydrogen-bond acceptors (Lipinski definition) is 4. The normalized spacial score (nSPS) is 15.0. The van der Waals surface area contributed by atoms with Crippen LogP contribution >= 0.6 is 0 Å². The molecule has 1 aromatic carbocycles. The van der Waals surface area contributed by atoms with E-state index in [1.807, 2.05) is 19.1 Å². The molecule has 2 aromatic rings. The van der Waals surface area contributed by atoms with Crippen LogP contribution in [0.4, 0.5) is 10.5 Å². The van der Waals surface area contributed by atoms with Crippen LogP contribution in [0.2, 0.25) is 0 Å². The van der Waals surface area contributed by atoms with Gasteiger partial charge in [-0.25, -0.2) is 9.78 Å². The van der Waals surface area contributed by atoms with Crippen molar-refractivity contribution < 1.29 is 14.3 Å². The van der Waals surface area contributed by atoms with Gasteiger partial charge in [-0.1, -0.05) is 0 Å². The Morgan fingerprint density at radius 3 is 2.83 bits per heavy atom. The van der Waals surface area contributed by atoms with Crippen molar-refractivity contribution in [1.29, 1.82) is 0 Å². The van der Waals surface area contributed by atoms with E-state index in [1.165, 1.54) is 0 Å². The molecule has 2 N–H and O–H groups in total. The molecule has 2 amide bonds. The molecule has 6 nitrogen and oxygen atoms in total. The third-order valence-corrected chi connectivity index (χ3v) is 3.83. The number of fused-ring (bicyclic) bond motifs is 1. The zero-order valence-corrected chi connectivity index (χ0v) is 13.8. The second kappa shape index (κ2) is 5.85. The van der Waals surface area contributed by atoms with Gasteiger partial charge in [0.1, 0.15) is 5.52 Å². The monoisotopic (exact) mass is 317 g/mol. The summed E-state index contributed by atoms with van der Waals surface area (Å²) >= 11 is 0. The summed E-state index contributed by atoms with van der Waals surface area (Å²) in [7, 11) is 0. The first-order valence-corrected chi connectivity index (χ1v) is 8.04. The van der Waals surface area contributed by atoms with Crippen LogP contribution in [0.3, 0.4) is 0 Å². The molecule has 3 rings (SSSR count). The molecule has 0 unspecified atom stereocenters. The van der Waals surface area contributed by atoms with E-state index in [2.05, 4.69) is 10.3 Å². The number of amides is 2. The number of carbonyl (C=O) groups excluding carboxylic acids is 1. The van der Waals surface area contributed by atoms with Gasteiger partial charge in [-0.2, -0.15) is 0 Å². The minimum atomic E-state index is -0.928. The van der Waals surface area contributed by atoms with Gasteiger partial charge >= 0.3 is 6.03 Å². The van der Waals surface area contributed by atoms with Crippen molar-refractivity contribution in [1.82, 2.24) is 9.88 Å². The van der Waals surface area contributed by atoms with Crippen molar-refractivity contribution in [3.05, 3.63) is 24.1 Å². The number of urea groups is 1. The quantitative estimate of drug-likeness (QED) is 0.886. The predicted octanol–water partition coefficient (Wildman–Crippen LogP) is 3.33. The number of nitrogens with one attached hydrogen (secondary N) is 1. The molecule has 1 aromatic heterocycles. The standard InChI is InChI=1S/C17H23N3O3/c1-4-20(10-17(2,3)22)16(21)18-12-7-8-14-13(9-12)19-15(23-14)11-5-6-11/h7-9,11,22H,4-6,10H2,1-3H3,(H,18,21). The molecular formula is C17H23N3O3. The second-order valence-corrected chi connectivity index (χ2v) is 6.77. The highest BCUT2D eigenvalue weighted by Gasteiger charge is 2.29. The number of carbonyl (C=O) groups is 1. The highest BCUT2D eigenvalue weighted by Crippen LogP contribution is 2.40. The third kappa shape index (κ3) is 3.82. The molecule has 6 heteroatoms. The Bertz CT molecular complexity index is 713. The number of rotatable bonds is 5. The lowest BCUT2D eigenvalue weighted by molar-refractivity contribution is 0.0501. The number of aliphatic hydroxyl groups is 1. The molecule has 124 valence electrons. The molecule has 1 saturated carbocycles. The van der Waals surface area contributed by atoms with Crippen LogP contribution in [0.15, 0.2) is 22.6 Å². The Morgan fingerprint density at radius 2 is 2.22 bits per heavy atom. The molecular weight excluding hydrogens is 294 g/mol. The number of nitrogens with zero attached hydrogens (tertiary/aromatic N) is 2. The summed E-state index contributed by atoms with van der Waals surface area (Å²) in [5.74, 6) is 1.25. The number of likely N-dealkylation sites (N-methyl/N-ethyl adjacent to an activating group) is 1. The first kappa shape index (κ1) is 15.8. The molecule has 0 spiro atoms. The lowest BCUT2D eigenvalue weighted by atomic mass is 10.1. The Hall–Kier alpha value is -2.08. The first-order chi connectivity index (χ1) is 10.9. The van der Waals surface area contributed by atoms with E-state index in [-0.39, 0.29) is 12.6 Å². The molecule has 1 fully saturated rings. The van der Waals surface area contributed by atoms with E-state index in [9.17, 15) is 9.90 Å². The van der Waals surface area contributed by atoms with Gasteiger partial charge in [-0.15, -0.1) is 0 Å². The topological polar surface area (TPSA) is 78.6 Å². The summed E-state index contributed by atoms with van der Waals surface area (Å²) in [6.45, 7) is 6.04. The van der Waals surface area contributed by atoms with Crippen molar-refractivity contribution in [2.75, 3.05) is 18.4 Å². The number of oxazole rings is 1. The van der Waals surface area contributed by atoms with Crippen molar-refractivity contribution >= 4 is 22.8 Å². The fraction of sp³-hybridized carbons (Fsp3) is 0.529. The Morgan fingerprint density at radius 1 is 1.48 bits per heavy atom. The van der Waals surface area contributed by atoms with Gasteiger partial charge in [0, 0.05) is 18.2 Å². The predicted molar refractivity (Wildman–Crippen MR) is 88.5 cm³/mol. The average molecular weight is 317 g/mol. The minimum Gasteiger partial charge on any atom is -0.440 e. The van der Waals surface area contributed by atoms with Crippen molar-refractivity contribution in [3.63, 3.8) is 0 Å². The molecule has 0 radical (unpaired) electrons. The maximum absolute atomic E-state index is 12.3. The maximum Gasteiger partial charge on any atom is 0.321 e. The highest BCUT2D eigenvalue weighted by atomic mass is 16.3. The summed E-state index contributed by atoms with van der Waals surface area (Å²) < 4.78 is 5.72. The van der Waals surface area contributed by atoms with Gasteiger partial charge in [0.2, 0.25) is 0 Å². The molecule has 0 saturated heterocycles. The van der Waals surface area contributed by atoms with Gasteiger partial charge in [-0.05, 0) is 51.8 Å². The van der Waals surface area contributed by atoms with Crippen LogP contribution in [0, 0.1) is 0 Å². The van der Waals surface area contributed by atoms with Gasteiger partial charge in [-0.3, -0.25) is 0 Å². The van der Waals surface area contributed by atoms with Crippen molar-refractivity contribution in [2.24, 2.45) is 0 Å². The van der Waals surface area contributed by atoms with Crippen LogP contribution in [0.1, 0.15) is 45.4 Å². The number of benzene rings is 1. The third-order valence-electron chi connectivity index (χ3n) is 3.83. The molecule has 0 bridgehead atoms. The van der Waals surface area contributed by atoms with Crippen LogP contribution in [0.25, 0.3) is 11.1 Å². The smallest absolute Gasteiger partial charge is 0.321 e. The fourth-order valence-electron chi connectivity index (χ4n) is 2.52. The first-order valence-electron chi connectivity index (χ1n) is 8.04. The van der Waals surface area contributed by atoms with Crippen molar-refractivity contribution in [3.8, 4) is 0 Å². The number of aromatic nitrogens is 1. The van der Waals surface area contributed by atoms with Gasteiger partial charge in [0.15, 0.2) is 11.5 Å². The van der Waals surface area contributed by atoms with Crippen LogP contribution in [-0.2, 0) is 0 Å². The molecule has 1 aliphatic rings. The summed E-state index contributed by atoms with van der Waals surface area (Å²) in [4.78, 5) is 18.4. The Balaban J connectivity index is 1.73. The largest absolute Gasteiger partial charge is 0.440 e. The van der Waals surface area contributed by atoms with E-state index < -0.39 is 5.60 Å². The molecule has 23 heavy (non-hydrogen) atoms. The van der Waals surface area contributed by atoms with E-state index in [0.29, 0.717) is 18.2 Å². The fourth-order valence-corrected chi connectivity index (χ4v) is 2.52. The Labute approximate surface area is 135 Å². The van der Waals surface area contributed by atoms with E-state index in [0.717, 1.165) is 29.8 Å². The van der Waals surface area contributed by atoms with Gasteiger partial charge in [0.25, 0.3) is 0 Å². The lowest BCUT2D eigenvalue weighted by Crippen LogP contribution is -2.44. The SMILES string of the molecule is CCN(CC(C)(C)O)C(=O)Nc1ccc2oc(C3CC3)nc2c1. The summed E-state index contributed by atoms with van der Waals surface area (Å²) in [6, 6.07) is 5.22. The number of hydrogen-bond donors (Lipinski definition) is 2. The van der Waals surface area contributed by atoms with Gasteiger partial charge in [0.05, 0.1) is 12.1 Å². The molecule has 0 aliphatic heterocycles. The van der Waals surface area contributed by atoms with Crippen LogP contribution < -0.4 is 5.32 Å². The van der Waals surface area contributed by atoms with E-state index in [4.69, 9.17) is 4.42 Å². The van der Waals surface area contributed by atoms with Crippen molar-refractivity contribution in [2.45, 2.75) is 45.1 Å². The lowest BCUT2D eigenvalue weighted by Gasteiger charge is -2.28. The average Bonchev–Trinajstić information content (AvgIpc) is 3.23. The summed E-state index contributed by atoms with van der Waals surface area (Å²) in [5, 5.41) is 12.7. The molecule has 1 heterocycles. The Kier molecular flexibility index (Phi) is 4.02. The second-order valence-electron chi connectivity index (χ2n) is 6.77. The number of anilines is 1. The molecule has 1 aliphatic carbocycles. The summed E-state index contributed by atoms with van der Waals surface area (Å²) in [6.07, 6.45) is 2.28. The highest BCUT2D eigenvalue weighted by molar-refractivity contribution is 5.91.